The number of aromatic nitrogens is 1. The molecule has 0 amide bonds. The highest BCUT2D eigenvalue weighted by molar-refractivity contribution is 9.10. The van der Waals surface area contributed by atoms with Gasteiger partial charge >= 0.3 is 0 Å². The van der Waals surface area contributed by atoms with Crippen LogP contribution in [0.2, 0.25) is 0 Å². The van der Waals surface area contributed by atoms with E-state index >= 15 is 0 Å². The van der Waals surface area contributed by atoms with E-state index in [1.165, 1.54) is 68.2 Å². The van der Waals surface area contributed by atoms with E-state index in [1.54, 1.807) is 0 Å². The third-order valence-electron chi connectivity index (χ3n) is 4.98. The first-order chi connectivity index (χ1) is 11.6. The molecule has 0 aliphatic carbocycles. The van der Waals surface area contributed by atoms with Crippen LogP contribution in [0, 0.1) is 0 Å². The maximum absolute atomic E-state index is 3.62. The molecule has 2 aromatic rings. The third kappa shape index (κ3) is 4.62. The zero-order valence-corrected chi connectivity index (χ0v) is 16.7. The average molecular weight is 392 g/mol. The van der Waals surface area contributed by atoms with Crippen LogP contribution in [0.5, 0.6) is 0 Å². The summed E-state index contributed by atoms with van der Waals surface area (Å²) in [4.78, 5) is 4.89. The van der Waals surface area contributed by atoms with E-state index in [9.17, 15) is 0 Å². The highest BCUT2D eigenvalue weighted by Crippen LogP contribution is 2.26. The van der Waals surface area contributed by atoms with Gasteiger partial charge in [-0.1, -0.05) is 22.4 Å². The molecule has 3 nitrogen and oxygen atoms in total. The number of aryl methyl sites for hydroxylation is 1. The number of hydrogen-bond donors (Lipinski definition) is 0. The summed E-state index contributed by atoms with van der Waals surface area (Å²) in [6, 6.07) is 6.67. The summed E-state index contributed by atoms with van der Waals surface area (Å²) in [5.74, 6) is 0. The highest BCUT2D eigenvalue weighted by Gasteiger charge is 2.11. The van der Waals surface area contributed by atoms with Crippen molar-refractivity contribution in [1.82, 2.24) is 14.4 Å². The van der Waals surface area contributed by atoms with Crippen LogP contribution in [0.1, 0.15) is 37.7 Å². The first kappa shape index (κ1) is 18.0. The standard InChI is InChI=1S/C20H30BrN3/c1-22(2)15-17-16-24(20-9-8-18(21)14-19(17)20)13-7-6-12-23-10-4-3-5-11-23/h8-9,14,16H,3-7,10-13,15H2,1-2H3. The normalized spacial score (nSPS) is 16.3. The van der Waals surface area contributed by atoms with Crippen LogP contribution in [0.25, 0.3) is 10.9 Å². The quantitative estimate of drug-likeness (QED) is 0.631. The minimum Gasteiger partial charge on any atom is -0.347 e. The van der Waals surface area contributed by atoms with Crippen LogP contribution >= 0.6 is 15.9 Å². The molecule has 0 spiro atoms. The fourth-order valence-corrected chi connectivity index (χ4v) is 4.16. The maximum atomic E-state index is 3.62. The van der Waals surface area contributed by atoms with Gasteiger partial charge < -0.3 is 14.4 Å². The van der Waals surface area contributed by atoms with Crippen LogP contribution in [-0.4, -0.2) is 48.1 Å². The van der Waals surface area contributed by atoms with Gasteiger partial charge in [0, 0.05) is 34.7 Å². The van der Waals surface area contributed by atoms with E-state index in [2.05, 4.69) is 68.8 Å². The Morgan fingerprint density at radius 3 is 2.54 bits per heavy atom. The molecule has 0 unspecified atom stereocenters. The third-order valence-corrected chi connectivity index (χ3v) is 5.48. The second-order valence-electron chi connectivity index (χ2n) is 7.36. The summed E-state index contributed by atoms with van der Waals surface area (Å²) in [7, 11) is 4.28. The van der Waals surface area contributed by atoms with E-state index in [0.717, 1.165) is 17.6 Å². The van der Waals surface area contributed by atoms with Gasteiger partial charge in [-0.3, -0.25) is 0 Å². The number of fused-ring (bicyclic) bond motifs is 1. The van der Waals surface area contributed by atoms with Crippen molar-refractivity contribution < 1.29 is 0 Å². The van der Waals surface area contributed by atoms with Crippen molar-refractivity contribution in [3.8, 4) is 0 Å². The molecule has 1 aromatic carbocycles. The molecule has 0 radical (unpaired) electrons. The Hall–Kier alpha value is -0.840. The SMILES string of the molecule is CN(C)Cc1cn(CCCCN2CCCCC2)c2ccc(Br)cc12. The summed E-state index contributed by atoms with van der Waals surface area (Å²) in [6.07, 6.45) is 9.14. The number of halogens is 1. The van der Waals surface area contributed by atoms with Gasteiger partial charge in [-0.05, 0) is 83.2 Å². The molecule has 1 aliphatic rings. The topological polar surface area (TPSA) is 11.4 Å². The number of unbranched alkanes of at least 4 members (excludes halogenated alkanes) is 1. The fraction of sp³-hybridized carbons (Fsp3) is 0.600. The van der Waals surface area contributed by atoms with Crippen molar-refractivity contribution >= 4 is 26.8 Å². The summed E-state index contributed by atoms with van der Waals surface area (Å²) in [6.45, 7) is 6.02. The summed E-state index contributed by atoms with van der Waals surface area (Å²) >= 11 is 3.62. The van der Waals surface area contributed by atoms with Gasteiger partial charge in [0.25, 0.3) is 0 Å². The molecule has 1 aliphatic heterocycles. The van der Waals surface area contributed by atoms with Gasteiger partial charge in [0.2, 0.25) is 0 Å². The predicted molar refractivity (Wildman–Crippen MR) is 107 cm³/mol. The Kier molecular flexibility index (Phi) is 6.37. The van der Waals surface area contributed by atoms with Crippen molar-refractivity contribution in [3.05, 3.63) is 34.4 Å². The van der Waals surface area contributed by atoms with Crippen LogP contribution in [0.15, 0.2) is 28.9 Å². The lowest BCUT2D eigenvalue weighted by molar-refractivity contribution is 0.223. The first-order valence-electron chi connectivity index (χ1n) is 9.28. The van der Waals surface area contributed by atoms with Gasteiger partial charge in [-0.2, -0.15) is 0 Å². The monoisotopic (exact) mass is 391 g/mol. The fourth-order valence-electron chi connectivity index (χ4n) is 3.80. The van der Waals surface area contributed by atoms with Crippen molar-refractivity contribution in [2.45, 2.75) is 45.2 Å². The second-order valence-corrected chi connectivity index (χ2v) is 8.27. The van der Waals surface area contributed by atoms with Gasteiger partial charge in [-0.25, -0.2) is 0 Å². The highest BCUT2D eigenvalue weighted by atomic mass is 79.9. The smallest absolute Gasteiger partial charge is 0.0484 e. The summed E-state index contributed by atoms with van der Waals surface area (Å²) < 4.78 is 3.62. The zero-order chi connectivity index (χ0) is 16.9. The largest absolute Gasteiger partial charge is 0.347 e. The van der Waals surface area contributed by atoms with Crippen molar-refractivity contribution in [2.75, 3.05) is 33.7 Å². The van der Waals surface area contributed by atoms with Gasteiger partial charge in [0.05, 0.1) is 0 Å². The van der Waals surface area contributed by atoms with Gasteiger partial charge in [0.15, 0.2) is 0 Å². The van der Waals surface area contributed by atoms with E-state index in [4.69, 9.17) is 0 Å². The van der Waals surface area contributed by atoms with Crippen molar-refractivity contribution in [3.63, 3.8) is 0 Å². The minimum absolute atomic E-state index is 0.994. The maximum Gasteiger partial charge on any atom is 0.0484 e. The molecule has 4 heteroatoms. The lowest BCUT2D eigenvalue weighted by Crippen LogP contribution is -2.30. The van der Waals surface area contributed by atoms with Crippen LogP contribution in [0.3, 0.4) is 0 Å². The van der Waals surface area contributed by atoms with E-state index in [-0.39, 0.29) is 0 Å². The van der Waals surface area contributed by atoms with Crippen LogP contribution < -0.4 is 0 Å². The Bertz CT molecular complexity index is 656. The molecule has 1 saturated heterocycles. The Balaban J connectivity index is 1.63. The number of benzene rings is 1. The second kappa shape index (κ2) is 8.50. The van der Waals surface area contributed by atoms with Gasteiger partial charge in [0.1, 0.15) is 0 Å². The molecule has 24 heavy (non-hydrogen) atoms. The molecule has 0 bridgehead atoms. The molecule has 2 heterocycles. The molecule has 0 N–H and O–H groups in total. The Morgan fingerprint density at radius 2 is 1.79 bits per heavy atom. The lowest BCUT2D eigenvalue weighted by Gasteiger charge is -2.26. The molecule has 3 rings (SSSR count). The zero-order valence-electron chi connectivity index (χ0n) is 15.1. The summed E-state index contributed by atoms with van der Waals surface area (Å²) in [5, 5.41) is 1.38. The molecular weight excluding hydrogens is 362 g/mol. The van der Waals surface area contributed by atoms with E-state index in [1.807, 2.05) is 0 Å². The predicted octanol–water partition coefficient (Wildman–Crippen LogP) is 4.73. The Morgan fingerprint density at radius 1 is 1.04 bits per heavy atom. The minimum atomic E-state index is 0.994. The molecule has 132 valence electrons. The molecule has 0 atom stereocenters. The number of rotatable bonds is 7. The molecule has 1 fully saturated rings. The van der Waals surface area contributed by atoms with Crippen molar-refractivity contribution in [1.29, 1.82) is 0 Å². The number of likely N-dealkylation sites (tertiary alicyclic amines) is 1. The van der Waals surface area contributed by atoms with Crippen molar-refractivity contribution in [2.24, 2.45) is 0 Å². The van der Waals surface area contributed by atoms with E-state index in [0.29, 0.717) is 0 Å². The number of nitrogens with zero attached hydrogens (tertiary/aromatic N) is 3. The molecule has 0 saturated carbocycles. The average Bonchev–Trinajstić information content (AvgIpc) is 2.89. The van der Waals surface area contributed by atoms with Crippen LogP contribution in [0.4, 0.5) is 0 Å². The summed E-state index contributed by atoms with van der Waals surface area (Å²) in [5.41, 5.74) is 2.79. The first-order valence-corrected chi connectivity index (χ1v) is 10.1. The Labute approximate surface area is 154 Å². The van der Waals surface area contributed by atoms with Crippen LogP contribution in [-0.2, 0) is 13.1 Å². The molecular formula is C20H30BrN3. The number of piperidine rings is 1. The van der Waals surface area contributed by atoms with E-state index < -0.39 is 0 Å². The number of hydrogen-bond acceptors (Lipinski definition) is 2. The molecule has 1 aromatic heterocycles. The lowest BCUT2D eigenvalue weighted by atomic mass is 10.1. The van der Waals surface area contributed by atoms with Gasteiger partial charge in [-0.15, -0.1) is 0 Å².